The van der Waals surface area contributed by atoms with Crippen LogP contribution in [0.1, 0.15) is 27.9 Å². The van der Waals surface area contributed by atoms with Gasteiger partial charge in [-0.15, -0.1) is 0 Å². The summed E-state index contributed by atoms with van der Waals surface area (Å²) in [5.41, 5.74) is 5.88. The molecule has 0 unspecified atom stereocenters. The number of nitrogens with one attached hydrogen (secondary N) is 2. The summed E-state index contributed by atoms with van der Waals surface area (Å²) in [5, 5.41) is 10.5. The van der Waals surface area contributed by atoms with Crippen molar-refractivity contribution in [1.29, 1.82) is 0 Å². The number of hydrogen-bond donors (Lipinski definition) is 2. The standard InChI is InChI=1S/C26H24N4O3/c31-25(28-14-12-20-5-3-4-13-27-20)22-7-2-1-6-21(22)24-17-23(29-30-24)18-8-10-19(11-9-18)26-32-15-16-33-26/h1-11,13,17,26H,12,14-16H2,(H,28,31)(H,29,30). The summed E-state index contributed by atoms with van der Waals surface area (Å²) >= 11 is 0. The third kappa shape index (κ3) is 4.84. The molecule has 1 fully saturated rings. The first-order valence-electron chi connectivity index (χ1n) is 10.9. The van der Waals surface area contributed by atoms with Gasteiger partial charge < -0.3 is 14.8 Å². The molecule has 0 spiro atoms. The smallest absolute Gasteiger partial charge is 0.251 e. The van der Waals surface area contributed by atoms with E-state index in [1.807, 2.05) is 72.8 Å². The van der Waals surface area contributed by atoms with Crippen LogP contribution in [-0.2, 0) is 15.9 Å². The minimum Gasteiger partial charge on any atom is -0.352 e. The van der Waals surface area contributed by atoms with Gasteiger partial charge in [-0.05, 0) is 24.3 Å². The topological polar surface area (TPSA) is 89.1 Å². The number of ether oxygens (including phenoxy) is 2. The molecule has 0 bridgehead atoms. The van der Waals surface area contributed by atoms with Crippen molar-refractivity contribution in [2.24, 2.45) is 0 Å². The van der Waals surface area contributed by atoms with Crippen LogP contribution in [0.4, 0.5) is 0 Å². The van der Waals surface area contributed by atoms with Crippen LogP contribution < -0.4 is 5.32 Å². The first-order chi connectivity index (χ1) is 16.3. The molecule has 2 aromatic heterocycles. The molecule has 4 aromatic rings. The van der Waals surface area contributed by atoms with Gasteiger partial charge in [0.1, 0.15) is 0 Å². The molecular formula is C26H24N4O3. The number of H-pyrrole nitrogens is 1. The lowest BCUT2D eigenvalue weighted by atomic mass is 10.0. The third-order valence-electron chi connectivity index (χ3n) is 5.53. The summed E-state index contributed by atoms with van der Waals surface area (Å²) in [5.74, 6) is -0.126. The highest BCUT2D eigenvalue weighted by Crippen LogP contribution is 2.29. The molecular weight excluding hydrogens is 416 g/mol. The molecule has 0 aliphatic carbocycles. The van der Waals surface area contributed by atoms with Crippen LogP contribution in [0.2, 0.25) is 0 Å². The van der Waals surface area contributed by atoms with E-state index >= 15 is 0 Å². The highest BCUT2D eigenvalue weighted by molar-refractivity contribution is 6.00. The predicted octanol–water partition coefficient (Wildman–Crippen LogP) is 4.16. The lowest BCUT2D eigenvalue weighted by Gasteiger charge is -2.09. The zero-order chi connectivity index (χ0) is 22.5. The zero-order valence-corrected chi connectivity index (χ0v) is 18.0. The number of hydrogen-bond acceptors (Lipinski definition) is 5. The zero-order valence-electron chi connectivity index (χ0n) is 18.0. The second kappa shape index (κ2) is 9.77. The molecule has 7 heteroatoms. The van der Waals surface area contributed by atoms with Gasteiger partial charge in [-0.3, -0.25) is 14.9 Å². The molecule has 0 atom stereocenters. The summed E-state index contributed by atoms with van der Waals surface area (Å²) in [6.07, 6.45) is 2.14. The van der Waals surface area contributed by atoms with E-state index in [2.05, 4.69) is 20.5 Å². The fourth-order valence-corrected chi connectivity index (χ4v) is 3.83. The molecule has 166 valence electrons. The van der Waals surface area contributed by atoms with Crippen LogP contribution in [0, 0.1) is 0 Å². The first kappa shape index (κ1) is 21.1. The van der Waals surface area contributed by atoms with E-state index in [1.54, 1.807) is 6.20 Å². The molecule has 0 radical (unpaired) electrons. The molecule has 3 heterocycles. The van der Waals surface area contributed by atoms with E-state index in [4.69, 9.17) is 9.47 Å². The second-order valence-corrected chi connectivity index (χ2v) is 7.73. The number of pyridine rings is 1. The Balaban J connectivity index is 1.30. The van der Waals surface area contributed by atoms with Gasteiger partial charge in [0, 0.05) is 47.1 Å². The second-order valence-electron chi connectivity index (χ2n) is 7.73. The number of aromatic amines is 1. The van der Waals surface area contributed by atoms with E-state index in [0.29, 0.717) is 31.7 Å². The summed E-state index contributed by atoms with van der Waals surface area (Å²) in [4.78, 5) is 17.2. The Morgan fingerprint density at radius 3 is 2.58 bits per heavy atom. The average molecular weight is 441 g/mol. The highest BCUT2D eigenvalue weighted by atomic mass is 16.7. The van der Waals surface area contributed by atoms with Crippen LogP contribution >= 0.6 is 0 Å². The van der Waals surface area contributed by atoms with Crippen molar-refractivity contribution in [2.75, 3.05) is 19.8 Å². The fraction of sp³-hybridized carbons (Fsp3) is 0.192. The Kier molecular flexibility index (Phi) is 6.23. The van der Waals surface area contributed by atoms with Crippen LogP contribution in [0.25, 0.3) is 22.5 Å². The minimum absolute atomic E-state index is 0.126. The van der Waals surface area contributed by atoms with Gasteiger partial charge in [0.25, 0.3) is 5.91 Å². The number of carbonyl (C=O) groups excluding carboxylic acids is 1. The molecule has 7 nitrogen and oxygen atoms in total. The fourth-order valence-electron chi connectivity index (χ4n) is 3.83. The van der Waals surface area contributed by atoms with E-state index in [9.17, 15) is 4.79 Å². The molecule has 2 N–H and O–H groups in total. The number of rotatable bonds is 7. The van der Waals surface area contributed by atoms with Crippen LogP contribution in [0.5, 0.6) is 0 Å². The van der Waals surface area contributed by atoms with Crippen molar-refractivity contribution in [3.63, 3.8) is 0 Å². The Morgan fingerprint density at radius 1 is 1.00 bits per heavy atom. The number of nitrogens with zero attached hydrogens (tertiary/aromatic N) is 2. The van der Waals surface area contributed by atoms with Crippen molar-refractivity contribution in [2.45, 2.75) is 12.7 Å². The number of amides is 1. The van der Waals surface area contributed by atoms with Gasteiger partial charge in [-0.1, -0.05) is 48.5 Å². The maximum atomic E-state index is 12.9. The molecule has 2 aromatic carbocycles. The molecule has 1 aliphatic rings. The normalized spacial score (nSPS) is 13.8. The van der Waals surface area contributed by atoms with Gasteiger partial charge >= 0.3 is 0 Å². The summed E-state index contributed by atoms with van der Waals surface area (Å²) in [6, 6.07) is 23.2. The lowest BCUT2D eigenvalue weighted by molar-refractivity contribution is -0.0441. The first-order valence-corrected chi connectivity index (χ1v) is 10.9. The lowest BCUT2D eigenvalue weighted by Crippen LogP contribution is -2.26. The highest BCUT2D eigenvalue weighted by Gasteiger charge is 2.19. The Hall–Kier alpha value is -3.81. The van der Waals surface area contributed by atoms with Crippen LogP contribution in [-0.4, -0.2) is 40.8 Å². The molecule has 1 amide bonds. The Labute approximate surface area is 191 Å². The van der Waals surface area contributed by atoms with E-state index in [1.165, 1.54) is 0 Å². The SMILES string of the molecule is O=C(NCCc1ccccn1)c1ccccc1-c1cc(-c2ccc(C3OCCO3)cc2)n[nH]1. The molecule has 1 aliphatic heterocycles. The third-order valence-corrected chi connectivity index (χ3v) is 5.53. The number of aromatic nitrogens is 3. The Bertz CT molecular complexity index is 1220. The molecule has 5 rings (SSSR count). The van der Waals surface area contributed by atoms with Gasteiger partial charge in [-0.2, -0.15) is 5.10 Å². The summed E-state index contributed by atoms with van der Waals surface area (Å²) < 4.78 is 11.1. The average Bonchev–Trinajstić information content (AvgIpc) is 3.58. The summed E-state index contributed by atoms with van der Waals surface area (Å²) in [6.45, 7) is 1.75. The summed E-state index contributed by atoms with van der Waals surface area (Å²) in [7, 11) is 0. The van der Waals surface area contributed by atoms with E-state index < -0.39 is 0 Å². The van der Waals surface area contributed by atoms with Crippen molar-refractivity contribution >= 4 is 5.91 Å². The quantitative estimate of drug-likeness (QED) is 0.451. The maximum absolute atomic E-state index is 12.9. The number of benzene rings is 2. The van der Waals surface area contributed by atoms with E-state index in [-0.39, 0.29) is 12.2 Å². The van der Waals surface area contributed by atoms with E-state index in [0.717, 1.165) is 33.8 Å². The number of carbonyl (C=O) groups is 1. The predicted molar refractivity (Wildman–Crippen MR) is 124 cm³/mol. The van der Waals surface area contributed by atoms with Gasteiger partial charge in [-0.25, -0.2) is 0 Å². The van der Waals surface area contributed by atoms with Crippen molar-refractivity contribution in [3.8, 4) is 22.5 Å². The monoisotopic (exact) mass is 440 g/mol. The molecule has 1 saturated heterocycles. The Morgan fingerprint density at radius 2 is 1.79 bits per heavy atom. The van der Waals surface area contributed by atoms with Crippen LogP contribution in [0.3, 0.4) is 0 Å². The van der Waals surface area contributed by atoms with Crippen molar-refractivity contribution in [1.82, 2.24) is 20.5 Å². The van der Waals surface area contributed by atoms with Crippen molar-refractivity contribution in [3.05, 3.63) is 95.8 Å². The minimum atomic E-state index is -0.295. The van der Waals surface area contributed by atoms with Crippen LogP contribution in [0.15, 0.2) is 79.0 Å². The largest absolute Gasteiger partial charge is 0.352 e. The van der Waals surface area contributed by atoms with Crippen molar-refractivity contribution < 1.29 is 14.3 Å². The molecule has 0 saturated carbocycles. The molecule has 33 heavy (non-hydrogen) atoms. The van der Waals surface area contributed by atoms with Gasteiger partial charge in [0.05, 0.1) is 24.6 Å². The maximum Gasteiger partial charge on any atom is 0.251 e. The van der Waals surface area contributed by atoms with Gasteiger partial charge in [0.2, 0.25) is 0 Å². The van der Waals surface area contributed by atoms with Gasteiger partial charge in [0.15, 0.2) is 6.29 Å².